The minimum Gasteiger partial charge on any atom is -0.466 e. The molecule has 0 saturated heterocycles. The Balaban J connectivity index is 1.46. The number of hydrogen-bond donors (Lipinski definition) is 3. The second kappa shape index (κ2) is 11.0. The summed E-state index contributed by atoms with van der Waals surface area (Å²) >= 11 is 0. The number of aryl methyl sites for hydroxylation is 1. The zero-order chi connectivity index (χ0) is 28.4. The molecule has 11 nitrogen and oxygen atoms in total. The Morgan fingerprint density at radius 3 is 2.62 bits per heavy atom. The number of nitrogens with zero attached hydrogens (tertiary/aromatic N) is 1. The van der Waals surface area contributed by atoms with Gasteiger partial charge in [0.05, 0.1) is 17.1 Å². The molecule has 5 rings (SSSR count). The summed E-state index contributed by atoms with van der Waals surface area (Å²) in [5.74, 6) is -1.16. The lowest BCUT2D eigenvalue weighted by Crippen LogP contribution is -2.12. The number of H-pyrrole nitrogens is 1. The smallest absolute Gasteiger partial charge is 0.306 e. The molecule has 0 saturated carbocycles. The van der Waals surface area contributed by atoms with E-state index in [0.29, 0.717) is 52.2 Å². The number of carbonyl (C=O) groups is 4. The number of esters is 1. The van der Waals surface area contributed by atoms with Gasteiger partial charge < -0.3 is 20.4 Å². The zero-order valence-corrected chi connectivity index (χ0v) is 21.7. The van der Waals surface area contributed by atoms with Crippen LogP contribution in [0.4, 0.5) is 17.1 Å². The van der Waals surface area contributed by atoms with Crippen molar-refractivity contribution in [1.82, 2.24) is 4.98 Å². The zero-order valence-electron chi connectivity index (χ0n) is 21.7. The number of anilines is 2. The van der Waals surface area contributed by atoms with Gasteiger partial charge >= 0.3 is 5.97 Å². The largest absolute Gasteiger partial charge is 0.466 e. The minimum atomic E-state index is -0.543. The average Bonchev–Trinajstić information content (AvgIpc) is 3.44. The van der Waals surface area contributed by atoms with Gasteiger partial charge in [-0.3, -0.25) is 29.3 Å². The van der Waals surface area contributed by atoms with Crippen molar-refractivity contribution in [3.63, 3.8) is 0 Å². The molecule has 0 radical (unpaired) electrons. The maximum absolute atomic E-state index is 13.0. The van der Waals surface area contributed by atoms with E-state index in [1.165, 1.54) is 24.3 Å². The third kappa shape index (κ3) is 5.26. The van der Waals surface area contributed by atoms with E-state index in [4.69, 9.17) is 4.74 Å². The van der Waals surface area contributed by atoms with E-state index in [1.54, 1.807) is 31.2 Å². The van der Waals surface area contributed by atoms with Gasteiger partial charge in [0.15, 0.2) is 5.78 Å². The number of amides is 2. The number of ether oxygens (including phenoxy) is 1. The number of nitrogens with one attached hydrogen (secondary N) is 3. The number of nitro groups is 1. The molecular formula is C29H26N4O7. The summed E-state index contributed by atoms with van der Waals surface area (Å²) in [7, 11) is 0. The molecule has 11 heteroatoms. The third-order valence-electron chi connectivity index (χ3n) is 6.90. The number of ketones is 1. The molecule has 1 aliphatic carbocycles. The van der Waals surface area contributed by atoms with Crippen LogP contribution in [0.1, 0.15) is 69.4 Å². The van der Waals surface area contributed by atoms with Crippen molar-refractivity contribution in [1.29, 1.82) is 0 Å². The van der Waals surface area contributed by atoms with Gasteiger partial charge in [-0.15, -0.1) is 0 Å². The van der Waals surface area contributed by atoms with Crippen molar-refractivity contribution in [2.45, 2.75) is 39.0 Å². The number of nitro benzene ring substituents is 1. The van der Waals surface area contributed by atoms with Crippen LogP contribution in [-0.2, 0) is 27.2 Å². The molecule has 3 N–H and O–H groups in total. The SMILES string of the molecule is CCOC(=O)CCc1c(C=C2C(=O)Nc3ccc(NC(=O)c4ccc([N+](=O)[O-])cc4)cc32)[nH]c2c1C(=O)CCC2. The van der Waals surface area contributed by atoms with Crippen molar-refractivity contribution < 1.29 is 28.8 Å². The second-order valence-corrected chi connectivity index (χ2v) is 9.48. The summed E-state index contributed by atoms with van der Waals surface area (Å²) in [6.45, 7) is 1.99. The topological polar surface area (TPSA) is 160 Å². The first-order chi connectivity index (χ1) is 19.2. The van der Waals surface area contributed by atoms with E-state index in [-0.39, 0.29) is 48.4 Å². The molecule has 2 aromatic carbocycles. The fourth-order valence-electron chi connectivity index (χ4n) is 5.03. The number of aromatic nitrogens is 1. The molecule has 0 fully saturated rings. The Kier molecular flexibility index (Phi) is 7.28. The number of aromatic amines is 1. The number of carbonyl (C=O) groups excluding carboxylic acids is 4. The van der Waals surface area contributed by atoms with Crippen molar-refractivity contribution in [3.8, 4) is 0 Å². The van der Waals surface area contributed by atoms with Crippen molar-refractivity contribution >= 4 is 52.3 Å². The first kappa shape index (κ1) is 26.5. The standard InChI is InChI=1S/C29H26N4O7/c1-2-40-26(35)13-11-19-24(31-23-4-3-5-25(34)27(19)23)15-21-20-14-17(8-12-22(20)32-29(21)37)30-28(36)16-6-9-18(10-7-16)33(38)39/h6-10,12,14-15,31H,2-5,11,13H2,1H3,(H,30,36)(H,32,37). The third-order valence-corrected chi connectivity index (χ3v) is 6.90. The lowest BCUT2D eigenvalue weighted by Gasteiger charge is -2.11. The van der Waals surface area contributed by atoms with Crippen molar-refractivity contribution in [2.75, 3.05) is 17.2 Å². The van der Waals surface area contributed by atoms with E-state index in [2.05, 4.69) is 15.6 Å². The number of hydrogen-bond acceptors (Lipinski definition) is 7. The van der Waals surface area contributed by atoms with Crippen LogP contribution >= 0.6 is 0 Å². The molecule has 204 valence electrons. The lowest BCUT2D eigenvalue weighted by molar-refractivity contribution is -0.384. The molecule has 3 aromatic rings. The first-order valence-electron chi connectivity index (χ1n) is 12.9. The number of benzene rings is 2. The fraction of sp³-hybridized carbons (Fsp3) is 0.241. The van der Waals surface area contributed by atoms with Crippen LogP contribution in [0.15, 0.2) is 42.5 Å². The number of Topliss-reactive ketones (excluding diaryl/α,β-unsaturated/α-hetero) is 1. The summed E-state index contributed by atoms with van der Waals surface area (Å²) in [6, 6.07) is 10.2. The highest BCUT2D eigenvalue weighted by Crippen LogP contribution is 2.37. The Bertz CT molecular complexity index is 1580. The Labute approximate surface area is 228 Å². The number of fused-ring (bicyclic) bond motifs is 2. The molecule has 2 aliphatic rings. The predicted molar refractivity (Wildman–Crippen MR) is 147 cm³/mol. The van der Waals surface area contributed by atoms with E-state index in [0.717, 1.165) is 12.1 Å². The molecule has 40 heavy (non-hydrogen) atoms. The van der Waals surface area contributed by atoms with Gasteiger partial charge in [0.25, 0.3) is 17.5 Å². The molecule has 2 heterocycles. The molecule has 0 bridgehead atoms. The highest BCUT2D eigenvalue weighted by Gasteiger charge is 2.29. The van der Waals surface area contributed by atoms with E-state index in [9.17, 15) is 29.3 Å². The Morgan fingerprint density at radius 1 is 1.12 bits per heavy atom. The van der Waals surface area contributed by atoms with Gasteiger partial charge in [-0.2, -0.15) is 0 Å². The van der Waals surface area contributed by atoms with E-state index in [1.807, 2.05) is 0 Å². The summed E-state index contributed by atoms with van der Waals surface area (Å²) < 4.78 is 5.06. The van der Waals surface area contributed by atoms with Gasteiger partial charge in [-0.05, 0) is 68.2 Å². The molecule has 0 spiro atoms. The van der Waals surface area contributed by atoms with Gasteiger partial charge in [0.1, 0.15) is 0 Å². The van der Waals surface area contributed by atoms with Crippen molar-refractivity contribution in [3.05, 3.63) is 86.2 Å². The van der Waals surface area contributed by atoms with Crippen LogP contribution in [0.5, 0.6) is 0 Å². The van der Waals surface area contributed by atoms with Crippen LogP contribution in [0.2, 0.25) is 0 Å². The second-order valence-electron chi connectivity index (χ2n) is 9.48. The van der Waals surface area contributed by atoms with Crippen LogP contribution in [0.25, 0.3) is 11.6 Å². The summed E-state index contributed by atoms with van der Waals surface area (Å²) in [4.78, 5) is 64.2. The highest BCUT2D eigenvalue weighted by molar-refractivity contribution is 6.35. The number of non-ortho nitro benzene ring substituents is 1. The van der Waals surface area contributed by atoms with Crippen LogP contribution < -0.4 is 10.6 Å². The van der Waals surface area contributed by atoms with Gasteiger partial charge in [-0.1, -0.05) is 0 Å². The Hall–Kier alpha value is -5.06. The molecule has 1 aliphatic heterocycles. The normalized spacial score (nSPS) is 14.9. The molecular weight excluding hydrogens is 516 g/mol. The van der Waals surface area contributed by atoms with Crippen LogP contribution in [0, 0.1) is 10.1 Å². The highest BCUT2D eigenvalue weighted by atomic mass is 16.6. The average molecular weight is 543 g/mol. The fourth-order valence-corrected chi connectivity index (χ4v) is 5.03. The predicted octanol–water partition coefficient (Wildman–Crippen LogP) is 4.68. The molecule has 0 atom stereocenters. The van der Waals surface area contributed by atoms with Gasteiger partial charge in [0, 0.05) is 64.4 Å². The Morgan fingerprint density at radius 2 is 1.90 bits per heavy atom. The molecule has 2 amide bonds. The number of rotatable bonds is 8. The lowest BCUT2D eigenvalue weighted by atomic mass is 9.91. The first-order valence-corrected chi connectivity index (χ1v) is 12.9. The molecule has 1 aromatic heterocycles. The summed E-state index contributed by atoms with van der Waals surface area (Å²) in [5.41, 5.74) is 4.65. The van der Waals surface area contributed by atoms with E-state index >= 15 is 0 Å². The van der Waals surface area contributed by atoms with Crippen LogP contribution in [0.3, 0.4) is 0 Å². The van der Waals surface area contributed by atoms with Crippen molar-refractivity contribution in [2.24, 2.45) is 0 Å². The maximum atomic E-state index is 13.0. The van der Waals surface area contributed by atoms with Crippen LogP contribution in [-0.4, -0.2) is 40.1 Å². The minimum absolute atomic E-state index is 0.00789. The monoisotopic (exact) mass is 542 g/mol. The molecule has 0 unspecified atom stereocenters. The van der Waals surface area contributed by atoms with E-state index < -0.39 is 10.8 Å². The summed E-state index contributed by atoms with van der Waals surface area (Å²) in [6.07, 6.45) is 3.90. The maximum Gasteiger partial charge on any atom is 0.306 e. The van der Waals surface area contributed by atoms with Gasteiger partial charge in [0.2, 0.25) is 0 Å². The summed E-state index contributed by atoms with van der Waals surface area (Å²) in [5, 5.41) is 16.5. The van der Waals surface area contributed by atoms with Gasteiger partial charge in [-0.25, -0.2) is 0 Å². The quantitative estimate of drug-likeness (QED) is 0.161.